The van der Waals surface area contributed by atoms with E-state index in [0.717, 1.165) is 43.8 Å². The third kappa shape index (κ3) is 1.99. The van der Waals surface area contributed by atoms with Crippen LogP contribution in [0.5, 0.6) is 0 Å². The van der Waals surface area contributed by atoms with E-state index in [2.05, 4.69) is 11.9 Å². The van der Waals surface area contributed by atoms with Gasteiger partial charge in [0, 0.05) is 17.9 Å². The Morgan fingerprint density at radius 2 is 1.94 bits per heavy atom. The minimum Gasteiger partial charge on any atom is -0.383 e. The summed E-state index contributed by atoms with van der Waals surface area (Å²) in [6.45, 7) is 2.88. The van der Waals surface area contributed by atoms with Crippen LogP contribution in [0.15, 0.2) is 0 Å². The molecule has 1 aliphatic heterocycles. The molecule has 0 saturated carbocycles. The monoisotopic (exact) mass is 247 g/mol. The van der Waals surface area contributed by atoms with Crippen LogP contribution in [-0.4, -0.2) is 16.6 Å². The van der Waals surface area contributed by atoms with Crippen molar-refractivity contribution in [3.05, 3.63) is 17.1 Å². The average molecular weight is 247 g/mol. The quantitative estimate of drug-likeness (QED) is 0.774. The van der Waals surface area contributed by atoms with Gasteiger partial charge in [-0.15, -0.1) is 0 Å². The van der Waals surface area contributed by atoms with Gasteiger partial charge >= 0.3 is 0 Å². The standard InChI is InChI=1S/C14H21N3O/c1-14(8-5-9-18-14)13-16-11-7-4-2-3-6-10(11)12(15)17-13/h2-9H2,1H3,(H2,15,16,17). The first-order valence-corrected chi connectivity index (χ1v) is 6.99. The Hall–Kier alpha value is -1.16. The molecule has 98 valence electrons. The topological polar surface area (TPSA) is 61.0 Å². The van der Waals surface area contributed by atoms with Crippen LogP contribution in [0.2, 0.25) is 0 Å². The number of nitrogens with zero attached hydrogens (tertiary/aromatic N) is 2. The molecule has 1 fully saturated rings. The number of rotatable bonds is 1. The van der Waals surface area contributed by atoms with Gasteiger partial charge in [0.2, 0.25) is 0 Å². The normalized spacial score (nSPS) is 27.8. The first-order valence-electron chi connectivity index (χ1n) is 6.99. The van der Waals surface area contributed by atoms with Gasteiger partial charge in [-0.25, -0.2) is 9.97 Å². The summed E-state index contributed by atoms with van der Waals surface area (Å²) in [5, 5.41) is 0. The maximum Gasteiger partial charge on any atom is 0.162 e. The third-order valence-electron chi connectivity index (χ3n) is 4.16. The number of ether oxygens (including phenoxy) is 1. The lowest BCUT2D eigenvalue weighted by Gasteiger charge is -2.23. The highest BCUT2D eigenvalue weighted by Gasteiger charge is 2.35. The first kappa shape index (κ1) is 11.9. The third-order valence-corrected chi connectivity index (χ3v) is 4.16. The molecule has 1 aliphatic carbocycles. The first-order chi connectivity index (χ1) is 8.69. The molecule has 0 amide bonds. The number of hydrogen-bond donors (Lipinski definition) is 1. The highest BCUT2D eigenvalue weighted by molar-refractivity contribution is 5.43. The molecule has 0 radical (unpaired) electrons. The maximum atomic E-state index is 6.13. The summed E-state index contributed by atoms with van der Waals surface area (Å²) >= 11 is 0. The van der Waals surface area contributed by atoms with Crippen LogP contribution < -0.4 is 5.73 Å². The summed E-state index contributed by atoms with van der Waals surface area (Å²) in [7, 11) is 0. The molecule has 18 heavy (non-hydrogen) atoms. The molecule has 1 saturated heterocycles. The minimum atomic E-state index is -0.324. The van der Waals surface area contributed by atoms with Crippen molar-refractivity contribution >= 4 is 5.82 Å². The zero-order valence-electron chi connectivity index (χ0n) is 11.0. The molecular weight excluding hydrogens is 226 g/mol. The molecule has 4 heteroatoms. The van der Waals surface area contributed by atoms with E-state index in [-0.39, 0.29) is 5.60 Å². The molecular formula is C14H21N3O. The van der Waals surface area contributed by atoms with Crippen molar-refractivity contribution in [3.8, 4) is 0 Å². The second-order valence-corrected chi connectivity index (χ2v) is 5.60. The molecule has 1 aromatic heterocycles. The fourth-order valence-corrected chi connectivity index (χ4v) is 2.99. The van der Waals surface area contributed by atoms with E-state index < -0.39 is 0 Å². The van der Waals surface area contributed by atoms with Gasteiger partial charge in [0.15, 0.2) is 5.82 Å². The molecule has 3 rings (SSSR count). The van der Waals surface area contributed by atoms with Gasteiger partial charge in [-0.3, -0.25) is 0 Å². The number of nitrogens with two attached hydrogens (primary N) is 1. The van der Waals surface area contributed by atoms with Gasteiger partial charge in [0.05, 0.1) is 0 Å². The number of nitrogen functional groups attached to an aromatic ring is 1. The number of hydrogen-bond acceptors (Lipinski definition) is 4. The Morgan fingerprint density at radius 1 is 1.11 bits per heavy atom. The summed E-state index contributed by atoms with van der Waals surface area (Å²) in [5.41, 5.74) is 8.15. The van der Waals surface area contributed by atoms with Gasteiger partial charge in [0.1, 0.15) is 11.4 Å². The van der Waals surface area contributed by atoms with Gasteiger partial charge in [0.25, 0.3) is 0 Å². The largest absolute Gasteiger partial charge is 0.383 e. The van der Waals surface area contributed by atoms with Crippen LogP contribution in [-0.2, 0) is 23.2 Å². The Kier molecular flexibility index (Phi) is 2.98. The van der Waals surface area contributed by atoms with Crippen molar-refractivity contribution in [2.24, 2.45) is 0 Å². The van der Waals surface area contributed by atoms with Gasteiger partial charge in [-0.05, 0) is 45.4 Å². The lowest BCUT2D eigenvalue weighted by molar-refractivity contribution is 0.00925. The molecule has 1 unspecified atom stereocenters. The van der Waals surface area contributed by atoms with Crippen LogP contribution in [0.3, 0.4) is 0 Å². The molecule has 1 atom stereocenters. The molecule has 2 heterocycles. The summed E-state index contributed by atoms with van der Waals surface area (Å²) < 4.78 is 5.82. The molecule has 0 aromatic carbocycles. The fourth-order valence-electron chi connectivity index (χ4n) is 2.99. The molecule has 2 N–H and O–H groups in total. The Morgan fingerprint density at radius 3 is 2.72 bits per heavy atom. The van der Waals surface area contributed by atoms with E-state index in [1.807, 2.05) is 0 Å². The molecule has 4 nitrogen and oxygen atoms in total. The lowest BCUT2D eigenvalue weighted by Crippen LogP contribution is -2.25. The van der Waals surface area contributed by atoms with Crippen molar-refractivity contribution in [1.82, 2.24) is 9.97 Å². The number of aryl methyl sites for hydroxylation is 1. The average Bonchev–Trinajstić information content (AvgIpc) is 2.66. The fraction of sp³-hybridized carbons (Fsp3) is 0.714. The molecule has 0 spiro atoms. The van der Waals surface area contributed by atoms with Crippen LogP contribution in [0.4, 0.5) is 5.82 Å². The van der Waals surface area contributed by atoms with Crippen molar-refractivity contribution in [2.45, 2.75) is 57.5 Å². The zero-order valence-corrected chi connectivity index (χ0v) is 11.0. The second kappa shape index (κ2) is 4.50. The Labute approximate surface area is 108 Å². The minimum absolute atomic E-state index is 0.324. The van der Waals surface area contributed by atoms with Crippen LogP contribution in [0.1, 0.15) is 56.1 Å². The van der Waals surface area contributed by atoms with E-state index >= 15 is 0 Å². The van der Waals surface area contributed by atoms with E-state index in [4.69, 9.17) is 15.5 Å². The second-order valence-electron chi connectivity index (χ2n) is 5.60. The Balaban J connectivity index is 2.02. The lowest BCUT2D eigenvalue weighted by atomic mass is 10.0. The molecule has 0 bridgehead atoms. The van der Waals surface area contributed by atoms with Crippen LogP contribution in [0.25, 0.3) is 0 Å². The number of anilines is 1. The maximum absolute atomic E-state index is 6.13. The summed E-state index contributed by atoms with van der Waals surface area (Å²) in [4.78, 5) is 9.30. The van der Waals surface area contributed by atoms with Crippen molar-refractivity contribution in [2.75, 3.05) is 12.3 Å². The van der Waals surface area contributed by atoms with E-state index in [1.165, 1.54) is 24.8 Å². The van der Waals surface area contributed by atoms with Crippen molar-refractivity contribution < 1.29 is 4.74 Å². The number of fused-ring (bicyclic) bond motifs is 1. The van der Waals surface area contributed by atoms with E-state index in [1.54, 1.807) is 0 Å². The Bertz CT molecular complexity index is 453. The SMILES string of the molecule is CC1(c2nc(N)c3c(n2)CCCCC3)CCCO1. The van der Waals surface area contributed by atoms with Gasteiger partial charge in [-0.2, -0.15) is 0 Å². The highest BCUT2D eigenvalue weighted by Crippen LogP contribution is 2.35. The van der Waals surface area contributed by atoms with E-state index in [9.17, 15) is 0 Å². The molecule has 2 aliphatic rings. The van der Waals surface area contributed by atoms with Crippen molar-refractivity contribution in [1.29, 1.82) is 0 Å². The summed E-state index contributed by atoms with van der Waals surface area (Å²) in [6, 6.07) is 0. The zero-order chi connectivity index (χ0) is 12.6. The number of aromatic nitrogens is 2. The molecule has 1 aromatic rings. The van der Waals surface area contributed by atoms with E-state index in [0.29, 0.717) is 5.82 Å². The van der Waals surface area contributed by atoms with Crippen LogP contribution in [0, 0.1) is 0 Å². The van der Waals surface area contributed by atoms with Crippen molar-refractivity contribution in [3.63, 3.8) is 0 Å². The predicted molar refractivity (Wildman–Crippen MR) is 70.2 cm³/mol. The summed E-state index contributed by atoms with van der Waals surface area (Å²) in [6.07, 6.45) is 7.80. The van der Waals surface area contributed by atoms with Gasteiger partial charge < -0.3 is 10.5 Å². The van der Waals surface area contributed by atoms with Gasteiger partial charge in [-0.1, -0.05) is 6.42 Å². The van der Waals surface area contributed by atoms with Crippen LogP contribution >= 0.6 is 0 Å². The highest BCUT2D eigenvalue weighted by atomic mass is 16.5. The summed E-state index contributed by atoms with van der Waals surface area (Å²) in [5.74, 6) is 1.46. The smallest absolute Gasteiger partial charge is 0.162 e. The predicted octanol–water partition coefficient (Wildman–Crippen LogP) is 2.35.